The zero-order valence-corrected chi connectivity index (χ0v) is 12.2. The Morgan fingerprint density at radius 2 is 2.19 bits per heavy atom. The summed E-state index contributed by atoms with van der Waals surface area (Å²) in [5.74, 6) is 0.0214. The van der Waals surface area contributed by atoms with Gasteiger partial charge < -0.3 is 19.6 Å². The lowest BCUT2D eigenvalue weighted by Crippen LogP contribution is -2.29. The van der Waals surface area contributed by atoms with E-state index in [4.69, 9.17) is 21.1 Å². The summed E-state index contributed by atoms with van der Waals surface area (Å²) in [5.41, 5.74) is 0.898. The van der Waals surface area contributed by atoms with Crippen molar-refractivity contribution in [2.24, 2.45) is 0 Å². The van der Waals surface area contributed by atoms with E-state index < -0.39 is 5.79 Å². The predicted molar refractivity (Wildman–Crippen MR) is 77.9 cm³/mol. The number of ether oxygens (including phenoxy) is 2. The minimum Gasteiger partial charge on any atom is -0.394 e. The van der Waals surface area contributed by atoms with Crippen LogP contribution in [0.25, 0.3) is 0 Å². The summed E-state index contributed by atoms with van der Waals surface area (Å²) in [6.45, 7) is 0.313. The zero-order chi connectivity index (χ0) is 14.7. The van der Waals surface area contributed by atoms with Crippen LogP contribution in [0.15, 0.2) is 36.7 Å². The van der Waals surface area contributed by atoms with Crippen molar-refractivity contribution in [2.45, 2.75) is 24.7 Å². The van der Waals surface area contributed by atoms with Gasteiger partial charge in [0.1, 0.15) is 11.9 Å². The standard InChI is InChI=1S/C15H17ClN2O3/c16-12-3-1-11(2-4-12)15(20-10-13(9-19)21-15)6-5-14-17-7-8-18-14/h1-4,7-8,13,19H,5-6,9-10H2,(H,17,18)/t13-,15+/m1/s1. The molecule has 1 fully saturated rings. The van der Waals surface area contributed by atoms with Crippen LogP contribution in [0, 0.1) is 0 Å². The topological polar surface area (TPSA) is 67.4 Å². The quantitative estimate of drug-likeness (QED) is 0.889. The summed E-state index contributed by atoms with van der Waals surface area (Å²) in [7, 11) is 0. The number of hydrogen-bond acceptors (Lipinski definition) is 4. The van der Waals surface area contributed by atoms with Crippen molar-refractivity contribution in [3.8, 4) is 0 Å². The minimum absolute atomic E-state index is 0.0594. The molecule has 6 heteroatoms. The second-order valence-corrected chi connectivity index (χ2v) is 5.47. The number of aromatic nitrogens is 2. The van der Waals surface area contributed by atoms with E-state index >= 15 is 0 Å². The first kappa shape index (κ1) is 14.5. The molecule has 0 unspecified atom stereocenters. The van der Waals surface area contributed by atoms with Crippen LogP contribution in [0.1, 0.15) is 17.8 Å². The number of aryl methyl sites for hydroxylation is 1. The van der Waals surface area contributed by atoms with Crippen molar-refractivity contribution in [3.05, 3.63) is 53.1 Å². The van der Waals surface area contributed by atoms with Gasteiger partial charge in [0.25, 0.3) is 0 Å². The Hall–Kier alpha value is -1.40. The second-order valence-electron chi connectivity index (χ2n) is 5.03. The number of nitrogens with zero attached hydrogens (tertiary/aromatic N) is 1. The Labute approximate surface area is 127 Å². The first-order valence-electron chi connectivity index (χ1n) is 6.89. The molecular formula is C15H17ClN2O3. The average molecular weight is 309 g/mol. The normalized spacial score (nSPS) is 25.3. The van der Waals surface area contributed by atoms with Crippen LogP contribution in [-0.4, -0.2) is 34.4 Å². The maximum Gasteiger partial charge on any atom is 0.195 e. The summed E-state index contributed by atoms with van der Waals surface area (Å²) in [6.07, 6.45) is 4.50. The highest BCUT2D eigenvalue weighted by molar-refractivity contribution is 6.30. The number of benzene rings is 1. The highest BCUT2D eigenvalue weighted by Crippen LogP contribution is 2.38. The van der Waals surface area contributed by atoms with Crippen LogP contribution in [0.3, 0.4) is 0 Å². The molecule has 0 saturated carbocycles. The molecule has 2 N–H and O–H groups in total. The lowest BCUT2D eigenvalue weighted by Gasteiger charge is -2.28. The van der Waals surface area contributed by atoms with E-state index in [1.807, 2.05) is 24.3 Å². The second kappa shape index (κ2) is 6.15. The fraction of sp³-hybridized carbons (Fsp3) is 0.400. The minimum atomic E-state index is -0.856. The zero-order valence-electron chi connectivity index (χ0n) is 11.5. The molecule has 1 aliphatic rings. The van der Waals surface area contributed by atoms with Crippen LogP contribution in [0.5, 0.6) is 0 Å². The van der Waals surface area contributed by atoms with Gasteiger partial charge in [-0.25, -0.2) is 4.98 Å². The maximum atomic E-state index is 9.30. The molecule has 3 rings (SSSR count). The van der Waals surface area contributed by atoms with E-state index in [9.17, 15) is 5.11 Å². The monoisotopic (exact) mass is 308 g/mol. The third-order valence-corrected chi connectivity index (χ3v) is 3.84. The van der Waals surface area contributed by atoms with Crippen molar-refractivity contribution in [2.75, 3.05) is 13.2 Å². The Bertz CT molecular complexity index is 573. The molecule has 2 heterocycles. The number of halogens is 1. The van der Waals surface area contributed by atoms with Crippen molar-refractivity contribution in [1.29, 1.82) is 0 Å². The fourth-order valence-corrected chi connectivity index (χ4v) is 2.63. The Morgan fingerprint density at radius 3 is 2.81 bits per heavy atom. The van der Waals surface area contributed by atoms with Crippen LogP contribution in [0.4, 0.5) is 0 Å². The Morgan fingerprint density at radius 1 is 1.38 bits per heavy atom. The molecule has 21 heavy (non-hydrogen) atoms. The van der Waals surface area contributed by atoms with E-state index in [1.165, 1.54) is 0 Å². The molecule has 1 aromatic heterocycles. The highest BCUT2D eigenvalue weighted by Gasteiger charge is 2.42. The van der Waals surface area contributed by atoms with Gasteiger partial charge in [-0.1, -0.05) is 23.7 Å². The first-order chi connectivity index (χ1) is 10.2. The molecule has 0 radical (unpaired) electrons. The van der Waals surface area contributed by atoms with Gasteiger partial charge in [-0.05, 0) is 12.1 Å². The molecular weight excluding hydrogens is 292 g/mol. The molecule has 0 spiro atoms. The number of H-pyrrole nitrogens is 1. The Kier molecular flexibility index (Phi) is 4.26. The average Bonchev–Trinajstić information content (AvgIpc) is 3.16. The first-order valence-corrected chi connectivity index (χ1v) is 7.26. The summed E-state index contributed by atoms with van der Waals surface area (Å²) in [6, 6.07) is 7.41. The smallest absolute Gasteiger partial charge is 0.195 e. The molecule has 2 aromatic rings. The summed E-state index contributed by atoms with van der Waals surface area (Å²) < 4.78 is 11.9. The number of aliphatic hydroxyl groups excluding tert-OH is 1. The van der Waals surface area contributed by atoms with Crippen molar-refractivity contribution >= 4 is 11.6 Å². The fourth-order valence-electron chi connectivity index (χ4n) is 2.50. The van der Waals surface area contributed by atoms with Crippen molar-refractivity contribution < 1.29 is 14.6 Å². The van der Waals surface area contributed by atoms with Crippen molar-refractivity contribution in [1.82, 2.24) is 9.97 Å². The van der Waals surface area contributed by atoms with Crippen LogP contribution in [0.2, 0.25) is 5.02 Å². The molecule has 5 nitrogen and oxygen atoms in total. The van der Waals surface area contributed by atoms with Gasteiger partial charge in [0.2, 0.25) is 0 Å². The van der Waals surface area contributed by atoms with Gasteiger partial charge in [0, 0.05) is 35.8 Å². The molecule has 0 bridgehead atoms. The molecule has 1 saturated heterocycles. The predicted octanol–water partition coefficient (Wildman–Crippen LogP) is 2.26. The highest BCUT2D eigenvalue weighted by atomic mass is 35.5. The number of nitrogens with one attached hydrogen (secondary N) is 1. The van der Waals surface area contributed by atoms with Crippen molar-refractivity contribution in [3.63, 3.8) is 0 Å². The van der Waals surface area contributed by atoms with E-state index in [2.05, 4.69) is 9.97 Å². The van der Waals surface area contributed by atoms with Gasteiger partial charge >= 0.3 is 0 Å². The summed E-state index contributed by atoms with van der Waals surface area (Å²) in [4.78, 5) is 7.29. The summed E-state index contributed by atoms with van der Waals surface area (Å²) in [5, 5.41) is 9.96. The molecule has 1 aliphatic heterocycles. The van der Waals surface area contributed by atoms with Crippen LogP contribution >= 0.6 is 11.6 Å². The molecule has 0 aliphatic carbocycles. The van der Waals surface area contributed by atoms with E-state index in [0.29, 0.717) is 24.5 Å². The maximum absolute atomic E-state index is 9.30. The Balaban J connectivity index is 1.82. The van der Waals surface area contributed by atoms with E-state index in [-0.39, 0.29) is 12.7 Å². The molecule has 2 atom stereocenters. The number of rotatable bonds is 5. The van der Waals surface area contributed by atoms with E-state index in [0.717, 1.165) is 11.4 Å². The molecule has 0 amide bonds. The SMILES string of the molecule is OC[C@@H]1CO[C@](CCc2ncc[nH]2)(c2ccc(Cl)cc2)O1. The lowest BCUT2D eigenvalue weighted by molar-refractivity contribution is -0.184. The van der Waals surface area contributed by atoms with Gasteiger partial charge in [-0.2, -0.15) is 0 Å². The summed E-state index contributed by atoms with van der Waals surface area (Å²) >= 11 is 5.94. The third-order valence-electron chi connectivity index (χ3n) is 3.59. The van der Waals surface area contributed by atoms with Gasteiger partial charge in [0.15, 0.2) is 5.79 Å². The lowest BCUT2D eigenvalue weighted by atomic mass is 10.0. The van der Waals surface area contributed by atoms with Gasteiger partial charge in [-0.15, -0.1) is 0 Å². The largest absolute Gasteiger partial charge is 0.394 e. The van der Waals surface area contributed by atoms with Gasteiger partial charge in [0.05, 0.1) is 13.2 Å². The number of aliphatic hydroxyl groups is 1. The van der Waals surface area contributed by atoms with Crippen LogP contribution < -0.4 is 0 Å². The van der Waals surface area contributed by atoms with Gasteiger partial charge in [-0.3, -0.25) is 0 Å². The number of imidazole rings is 1. The van der Waals surface area contributed by atoms with E-state index in [1.54, 1.807) is 12.4 Å². The number of hydrogen-bond donors (Lipinski definition) is 2. The third kappa shape index (κ3) is 3.11. The molecule has 1 aromatic carbocycles. The number of aromatic amines is 1. The molecule has 112 valence electrons. The van der Waals surface area contributed by atoms with Crippen LogP contribution in [-0.2, 0) is 21.7 Å².